The second kappa shape index (κ2) is 21.0. The number of rotatable bonds is 19. The average molecular weight is 671 g/mol. The van der Waals surface area contributed by atoms with Gasteiger partial charge < -0.3 is 30.6 Å². The third-order valence-electron chi connectivity index (χ3n) is 9.38. The van der Waals surface area contributed by atoms with Crippen molar-refractivity contribution >= 4 is 17.7 Å². The number of carbonyl (C=O) groups is 3. The molecule has 0 aliphatic heterocycles. The van der Waals surface area contributed by atoms with E-state index in [-0.39, 0.29) is 31.1 Å². The number of likely N-dealkylation sites (N-methyl/N-ethyl adjacent to an activating group) is 2. The van der Waals surface area contributed by atoms with Gasteiger partial charge in [-0.1, -0.05) is 92.8 Å². The summed E-state index contributed by atoms with van der Waals surface area (Å²) in [5.74, 6) is 3.18. The first-order valence-electron chi connectivity index (χ1n) is 17.4. The quantitative estimate of drug-likeness (QED) is 0.170. The maximum atomic E-state index is 13.8. The number of carbonyl (C=O) groups excluding carboxylic acids is 3. The first kappa shape index (κ1) is 39.3. The number of amides is 3. The Bertz CT molecular complexity index is 1380. The molecule has 3 rings (SSSR count). The van der Waals surface area contributed by atoms with Gasteiger partial charge in [0.25, 0.3) is 0 Å². The van der Waals surface area contributed by atoms with Gasteiger partial charge in [-0.2, -0.15) is 0 Å². The van der Waals surface area contributed by atoms with Gasteiger partial charge >= 0.3 is 0 Å². The summed E-state index contributed by atoms with van der Waals surface area (Å²) in [4.78, 5) is 44.7. The zero-order chi connectivity index (χ0) is 35.6. The Labute approximate surface area is 292 Å². The molecule has 9 nitrogen and oxygen atoms in total. The summed E-state index contributed by atoms with van der Waals surface area (Å²) in [6.07, 6.45) is 14.4. The van der Waals surface area contributed by atoms with Crippen LogP contribution in [0, 0.1) is 36.5 Å². The van der Waals surface area contributed by atoms with Gasteiger partial charge in [-0.15, -0.1) is 24.7 Å². The Morgan fingerprint density at radius 1 is 0.837 bits per heavy atom. The van der Waals surface area contributed by atoms with Gasteiger partial charge in [0.15, 0.2) is 0 Å². The number of terminal acetylenes is 2. The lowest BCUT2D eigenvalue weighted by Crippen LogP contribution is -2.55. The van der Waals surface area contributed by atoms with Crippen LogP contribution in [0.1, 0.15) is 68.9 Å². The molecule has 49 heavy (non-hydrogen) atoms. The highest BCUT2D eigenvalue weighted by Crippen LogP contribution is 2.28. The van der Waals surface area contributed by atoms with Crippen molar-refractivity contribution in [3.63, 3.8) is 0 Å². The van der Waals surface area contributed by atoms with E-state index in [9.17, 15) is 24.6 Å². The smallest absolute Gasteiger partial charge is 0.243 e. The van der Waals surface area contributed by atoms with Crippen molar-refractivity contribution in [1.82, 2.24) is 20.4 Å². The molecule has 0 heterocycles. The second-order valence-electron chi connectivity index (χ2n) is 13.4. The van der Waals surface area contributed by atoms with Crippen LogP contribution in [-0.4, -0.2) is 89.2 Å². The minimum absolute atomic E-state index is 0.0503. The highest BCUT2D eigenvalue weighted by molar-refractivity contribution is 5.91. The van der Waals surface area contributed by atoms with Gasteiger partial charge in [0.1, 0.15) is 12.1 Å². The van der Waals surface area contributed by atoms with Crippen molar-refractivity contribution in [1.29, 1.82) is 0 Å². The summed E-state index contributed by atoms with van der Waals surface area (Å²) in [6, 6.07) is 17.7. The van der Waals surface area contributed by atoms with E-state index in [1.807, 2.05) is 55.6 Å². The third kappa shape index (κ3) is 13.7. The Morgan fingerprint density at radius 2 is 1.45 bits per heavy atom. The van der Waals surface area contributed by atoms with Crippen LogP contribution >= 0.6 is 0 Å². The average Bonchev–Trinajstić information content (AvgIpc) is 3.10. The zero-order valence-electron chi connectivity index (χ0n) is 29.1. The predicted molar refractivity (Wildman–Crippen MR) is 193 cm³/mol. The molecule has 0 aromatic heterocycles. The lowest BCUT2D eigenvalue weighted by Gasteiger charge is -2.33. The third-order valence-corrected chi connectivity index (χ3v) is 9.38. The molecule has 5 unspecified atom stereocenters. The van der Waals surface area contributed by atoms with Gasteiger partial charge in [0, 0.05) is 45.9 Å². The molecular formula is C40H54N4O5. The summed E-state index contributed by atoms with van der Waals surface area (Å²) < 4.78 is 0. The van der Waals surface area contributed by atoms with Gasteiger partial charge in [0.2, 0.25) is 17.7 Å². The molecule has 1 fully saturated rings. The molecule has 264 valence electrons. The van der Waals surface area contributed by atoms with E-state index >= 15 is 0 Å². The van der Waals surface area contributed by atoms with Crippen molar-refractivity contribution in [2.45, 2.75) is 95.0 Å². The van der Waals surface area contributed by atoms with Gasteiger partial charge in [-0.25, -0.2) is 0 Å². The van der Waals surface area contributed by atoms with Crippen LogP contribution in [0.5, 0.6) is 0 Å². The minimum Gasteiger partial charge on any atom is -0.389 e. The van der Waals surface area contributed by atoms with Crippen LogP contribution in [0.25, 0.3) is 0 Å². The summed E-state index contributed by atoms with van der Waals surface area (Å²) >= 11 is 0. The van der Waals surface area contributed by atoms with E-state index in [2.05, 4.69) is 39.5 Å². The van der Waals surface area contributed by atoms with Crippen LogP contribution in [0.2, 0.25) is 0 Å². The number of aliphatic hydroxyl groups is 2. The van der Waals surface area contributed by atoms with Gasteiger partial charge in [-0.3, -0.25) is 14.4 Å². The Kier molecular flexibility index (Phi) is 16.9. The van der Waals surface area contributed by atoms with E-state index in [1.165, 1.54) is 5.56 Å². The number of hydrogen-bond donors (Lipinski definition) is 4. The Hall–Kier alpha value is -4.15. The van der Waals surface area contributed by atoms with Crippen molar-refractivity contribution < 1.29 is 24.6 Å². The Balaban J connectivity index is 1.70. The van der Waals surface area contributed by atoms with Gasteiger partial charge in [-0.05, 0) is 36.9 Å². The fourth-order valence-electron chi connectivity index (χ4n) is 6.42. The number of nitrogens with one attached hydrogen (secondary N) is 2. The first-order chi connectivity index (χ1) is 23.6. The van der Waals surface area contributed by atoms with Crippen molar-refractivity contribution in [2.24, 2.45) is 11.8 Å². The number of hydrogen-bond acceptors (Lipinski definition) is 6. The first-order valence-corrected chi connectivity index (χ1v) is 17.4. The van der Waals surface area contributed by atoms with Crippen LogP contribution in [0.15, 0.2) is 60.7 Å². The lowest BCUT2D eigenvalue weighted by atomic mass is 9.82. The highest BCUT2D eigenvalue weighted by atomic mass is 16.3. The molecule has 0 spiro atoms. The van der Waals surface area contributed by atoms with Crippen LogP contribution < -0.4 is 10.6 Å². The number of aliphatic hydroxyl groups excluding tert-OH is 2. The van der Waals surface area contributed by atoms with Crippen molar-refractivity contribution in [3.8, 4) is 24.7 Å². The van der Waals surface area contributed by atoms with E-state index < -0.39 is 42.0 Å². The number of benzene rings is 2. The molecule has 2 aromatic carbocycles. The largest absolute Gasteiger partial charge is 0.389 e. The standard InChI is InChI=1S/C40H54N4O5/c1-5-16-34(40(49)42-35(38(47)36(45)17-6-2)27-31-20-12-8-13-21-31)41-39(48)33(26-30-18-10-7-11-19-30)28-37(46)44(4)25-24-43(3)29-32-22-14-9-15-23-32/h1-2,7,9-11,14-15,18-19,22-23,31,33-36,38,45,47H,8,12-13,16-17,20-21,24-29H2,3-4H3,(H,41,48)(H,42,49). The van der Waals surface area contributed by atoms with Gasteiger partial charge in [0.05, 0.1) is 18.1 Å². The topological polar surface area (TPSA) is 122 Å². The lowest BCUT2D eigenvalue weighted by molar-refractivity contribution is -0.137. The van der Waals surface area contributed by atoms with E-state index in [1.54, 1.807) is 11.9 Å². The zero-order valence-corrected chi connectivity index (χ0v) is 29.1. The summed E-state index contributed by atoms with van der Waals surface area (Å²) in [5, 5.41) is 27.2. The van der Waals surface area contributed by atoms with Crippen LogP contribution in [0.3, 0.4) is 0 Å². The molecule has 3 amide bonds. The molecule has 0 radical (unpaired) electrons. The SMILES string of the molecule is C#CCC(NC(=O)C(CC(=O)N(C)CCN(C)Cc1ccccc1)Cc1ccccc1)C(=O)NC(CC1CCCCC1)C(O)C(O)CC#C. The maximum Gasteiger partial charge on any atom is 0.243 e. The Morgan fingerprint density at radius 3 is 2.06 bits per heavy atom. The maximum absolute atomic E-state index is 13.8. The molecule has 4 N–H and O–H groups in total. The minimum atomic E-state index is -1.28. The summed E-state index contributed by atoms with van der Waals surface area (Å²) in [7, 11) is 3.74. The fourth-order valence-corrected chi connectivity index (χ4v) is 6.42. The molecule has 2 aromatic rings. The van der Waals surface area contributed by atoms with E-state index in [0.29, 0.717) is 25.9 Å². The molecule has 1 aliphatic rings. The number of nitrogens with zero attached hydrogens (tertiary/aromatic N) is 2. The van der Waals surface area contributed by atoms with Crippen molar-refractivity contribution in [3.05, 3.63) is 71.8 Å². The fraction of sp³-hybridized carbons (Fsp3) is 0.525. The molecule has 1 aliphatic carbocycles. The van der Waals surface area contributed by atoms with E-state index in [4.69, 9.17) is 12.8 Å². The predicted octanol–water partition coefficient (Wildman–Crippen LogP) is 3.53. The molecule has 1 saturated carbocycles. The van der Waals surface area contributed by atoms with Crippen molar-refractivity contribution in [2.75, 3.05) is 27.2 Å². The van der Waals surface area contributed by atoms with Crippen LogP contribution in [-0.2, 0) is 27.3 Å². The summed E-state index contributed by atoms with van der Waals surface area (Å²) in [6.45, 7) is 1.89. The monoisotopic (exact) mass is 670 g/mol. The normalized spacial score (nSPS) is 16.3. The molecular weight excluding hydrogens is 616 g/mol. The molecule has 0 saturated heterocycles. The summed E-state index contributed by atoms with van der Waals surface area (Å²) in [5.41, 5.74) is 2.07. The molecule has 5 atom stereocenters. The highest BCUT2D eigenvalue weighted by Gasteiger charge is 2.34. The van der Waals surface area contributed by atoms with Crippen LogP contribution in [0.4, 0.5) is 0 Å². The second-order valence-corrected chi connectivity index (χ2v) is 13.4. The molecule has 0 bridgehead atoms. The van der Waals surface area contributed by atoms with E-state index in [0.717, 1.165) is 44.2 Å². The molecule has 9 heteroatoms.